The summed E-state index contributed by atoms with van der Waals surface area (Å²) in [6, 6.07) is 12.1. The highest BCUT2D eigenvalue weighted by Crippen LogP contribution is 2.25. The molecule has 4 aromatic rings. The molecule has 28 heavy (non-hydrogen) atoms. The molecule has 0 aliphatic heterocycles. The predicted molar refractivity (Wildman–Crippen MR) is 106 cm³/mol. The molecule has 7 heteroatoms. The lowest BCUT2D eigenvalue weighted by molar-refractivity contribution is 0.413. The second-order valence-electron chi connectivity index (χ2n) is 6.24. The largest absolute Gasteiger partial charge is 0.495 e. The number of rotatable bonds is 5. The zero-order valence-corrected chi connectivity index (χ0v) is 15.4. The van der Waals surface area contributed by atoms with E-state index in [0.717, 1.165) is 22.7 Å². The Hall–Kier alpha value is -3.74. The first-order valence-corrected chi connectivity index (χ1v) is 8.68. The third kappa shape index (κ3) is 3.68. The lowest BCUT2D eigenvalue weighted by atomic mass is 10.1. The minimum atomic E-state index is -0.320. The maximum Gasteiger partial charge on any atom is 0.181 e. The van der Waals surface area contributed by atoms with Crippen LogP contribution in [0.4, 0.5) is 4.39 Å². The Kier molecular flexibility index (Phi) is 4.72. The molecule has 0 atom stereocenters. The maximum atomic E-state index is 13.4. The second-order valence-corrected chi connectivity index (χ2v) is 6.24. The molecule has 0 spiro atoms. The highest BCUT2D eigenvalue weighted by molar-refractivity contribution is 5.69. The van der Waals surface area contributed by atoms with Crippen molar-refractivity contribution >= 4 is 12.2 Å². The molecule has 140 valence electrons. The van der Waals surface area contributed by atoms with Gasteiger partial charge >= 0.3 is 0 Å². The van der Waals surface area contributed by atoms with Crippen molar-refractivity contribution in [2.24, 2.45) is 0 Å². The average molecular weight is 375 g/mol. The highest BCUT2D eigenvalue weighted by atomic mass is 19.1. The van der Waals surface area contributed by atoms with Gasteiger partial charge in [0.1, 0.15) is 17.4 Å². The normalized spacial score (nSPS) is 11.2. The first kappa shape index (κ1) is 17.7. The quantitative estimate of drug-likeness (QED) is 0.565. The molecule has 0 radical (unpaired) electrons. The number of hydrogen-bond acceptors (Lipinski definition) is 4. The lowest BCUT2D eigenvalue weighted by Gasteiger charge is -2.09. The van der Waals surface area contributed by atoms with Crippen LogP contribution < -0.4 is 4.74 Å². The van der Waals surface area contributed by atoms with Gasteiger partial charge in [0.05, 0.1) is 24.8 Å². The third-order valence-electron chi connectivity index (χ3n) is 4.21. The van der Waals surface area contributed by atoms with Gasteiger partial charge in [-0.05, 0) is 42.8 Å². The van der Waals surface area contributed by atoms with Gasteiger partial charge < -0.3 is 9.30 Å². The van der Waals surface area contributed by atoms with Gasteiger partial charge in [0, 0.05) is 11.8 Å². The van der Waals surface area contributed by atoms with E-state index in [1.165, 1.54) is 12.1 Å². The average Bonchev–Trinajstić information content (AvgIpc) is 3.35. The standard InChI is InChI=1S/C21H18FN5O/c1-14-12-27(13-23-14)18-8-6-15(10-19(18)28-2)7-9-20-24-21(26-25-20)16-4-3-5-17(22)11-16/h3-13H,1-2H3,(H,24,25,26)/b9-7+. The molecule has 2 aromatic carbocycles. The van der Waals surface area contributed by atoms with E-state index < -0.39 is 0 Å². The highest BCUT2D eigenvalue weighted by Gasteiger charge is 2.07. The number of aromatic nitrogens is 5. The molecule has 0 saturated heterocycles. The molecule has 0 unspecified atom stereocenters. The van der Waals surface area contributed by atoms with E-state index in [1.807, 2.05) is 48.0 Å². The van der Waals surface area contributed by atoms with Gasteiger partial charge in [-0.15, -0.1) is 0 Å². The summed E-state index contributed by atoms with van der Waals surface area (Å²) in [5.74, 6) is 1.44. The van der Waals surface area contributed by atoms with Crippen molar-refractivity contribution in [2.45, 2.75) is 6.92 Å². The van der Waals surface area contributed by atoms with Crippen LogP contribution in [0, 0.1) is 12.7 Å². The SMILES string of the molecule is COc1cc(/C=C/c2nc(-c3cccc(F)c3)n[nH]2)ccc1-n1cnc(C)c1. The maximum absolute atomic E-state index is 13.4. The molecule has 2 heterocycles. The molecule has 0 fully saturated rings. The molecule has 6 nitrogen and oxygen atoms in total. The first-order valence-electron chi connectivity index (χ1n) is 8.68. The molecule has 1 N–H and O–H groups in total. The van der Waals surface area contributed by atoms with Crippen LogP contribution in [0.1, 0.15) is 17.1 Å². The van der Waals surface area contributed by atoms with Crippen molar-refractivity contribution < 1.29 is 9.13 Å². The van der Waals surface area contributed by atoms with Crippen LogP contribution in [0.15, 0.2) is 55.0 Å². The number of nitrogens with zero attached hydrogens (tertiary/aromatic N) is 4. The first-order chi connectivity index (χ1) is 13.6. The van der Waals surface area contributed by atoms with Crippen molar-refractivity contribution in [3.05, 3.63) is 77.9 Å². The fraction of sp³-hybridized carbons (Fsp3) is 0.0952. The molecule has 4 rings (SSSR count). The minimum absolute atomic E-state index is 0.320. The van der Waals surface area contributed by atoms with E-state index in [1.54, 1.807) is 25.6 Å². The molecule has 0 saturated carbocycles. The Morgan fingerprint density at radius 2 is 2.04 bits per heavy atom. The number of nitrogens with one attached hydrogen (secondary N) is 1. The van der Waals surface area contributed by atoms with Crippen LogP contribution in [0.5, 0.6) is 5.75 Å². The smallest absolute Gasteiger partial charge is 0.181 e. The zero-order valence-electron chi connectivity index (χ0n) is 15.4. The Bertz CT molecular complexity index is 1150. The van der Waals surface area contributed by atoms with Crippen molar-refractivity contribution in [1.29, 1.82) is 0 Å². The summed E-state index contributed by atoms with van der Waals surface area (Å²) in [7, 11) is 1.64. The van der Waals surface area contributed by atoms with Crippen LogP contribution in [0.2, 0.25) is 0 Å². The third-order valence-corrected chi connectivity index (χ3v) is 4.21. The molecule has 0 aliphatic rings. The summed E-state index contributed by atoms with van der Waals surface area (Å²) in [6.45, 7) is 1.94. The summed E-state index contributed by atoms with van der Waals surface area (Å²) in [5, 5.41) is 6.99. The number of imidazole rings is 1. The van der Waals surface area contributed by atoms with Gasteiger partial charge in [0.25, 0.3) is 0 Å². The number of H-pyrrole nitrogens is 1. The topological polar surface area (TPSA) is 68.6 Å². The van der Waals surface area contributed by atoms with Crippen molar-refractivity contribution in [2.75, 3.05) is 7.11 Å². The van der Waals surface area contributed by atoms with E-state index in [4.69, 9.17) is 4.74 Å². The summed E-state index contributed by atoms with van der Waals surface area (Å²) < 4.78 is 20.8. The van der Waals surface area contributed by atoms with E-state index in [9.17, 15) is 4.39 Å². The van der Waals surface area contributed by atoms with E-state index in [2.05, 4.69) is 20.2 Å². The van der Waals surface area contributed by atoms with Crippen LogP contribution in [-0.2, 0) is 0 Å². The van der Waals surface area contributed by atoms with Gasteiger partial charge in [-0.2, -0.15) is 5.10 Å². The van der Waals surface area contributed by atoms with Gasteiger partial charge in [-0.3, -0.25) is 5.10 Å². The second kappa shape index (κ2) is 7.48. The Balaban J connectivity index is 1.57. The van der Waals surface area contributed by atoms with E-state index in [-0.39, 0.29) is 5.82 Å². The number of aryl methyl sites for hydroxylation is 1. The number of halogens is 1. The van der Waals surface area contributed by atoms with Crippen molar-refractivity contribution in [3.63, 3.8) is 0 Å². The number of methoxy groups -OCH3 is 1. The van der Waals surface area contributed by atoms with Gasteiger partial charge in [-0.1, -0.05) is 24.3 Å². The number of benzene rings is 2. The van der Waals surface area contributed by atoms with Gasteiger partial charge in [-0.25, -0.2) is 14.4 Å². The monoisotopic (exact) mass is 375 g/mol. The summed E-state index contributed by atoms with van der Waals surface area (Å²) >= 11 is 0. The van der Waals surface area contributed by atoms with Crippen molar-refractivity contribution in [1.82, 2.24) is 24.7 Å². The zero-order chi connectivity index (χ0) is 19.5. The fourth-order valence-corrected chi connectivity index (χ4v) is 2.84. The molecular weight excluding hydrogens is 357 g/mol. The van der Waals surface area contributed by atoms with E-state index in [0.29, 0.717) is 17.2 Å². The number of hydrogen-bond donors (Lipinski definition) is 1. The Morgan fingerprint density at radius 1 is 1.14 bits per heavy atom. The Labute approximate surface area is 161 Å². The van der Waals surface area contributed by atoms with Gasteiger partial charge in [0.15, 0.2) is 5.82 Å². The lowest BCUT2D eigenvalue weighted by Crippen LogP contribution is -1.95. The summed E-state index contributed by atoms with van der Waals surface area (Å²) in [4.78, 5) is 8.63. The molecule has 0 aliphatic carbocycles. The van der Waals surface area contributed by atoms with Crippen LogP contribution in [0.3, 0.4) is 0 Å². The fourth-order valence-electron chi connectivity index (χ4n) is 2.84. The molecular formula is C21H18FN5O. The van der Waals surface area contributed by atoms with E-state index >= 15 is 0 Å². The van der Waals surface area contributed by atoms with Crippen LogP contribution in [0.25, 0.3) is 29.2 Å². The Morgan fingerprint density at radius 3 is 2.79 bits per heavy atom. The van der Waals surface area contributed by atoms with Crippen LogP contribution in [-0.4, -0.2) is 31.8 Å². The molecule has 0 amide bonds. The van der Waals surface area contributed by atoms with Gasteiger partial charge in [0.2, 0.25) is 0 Å². The van der Waals surface area contributed by atoms with Crippen LogP contribution >= 0.6 is 0 Å². The number of ether oxygens (including phenoxy) is 1. The molecule has 2 aromatic heterocycles. The minimum Gasteiger partial charge on any atom is -0.495 e. The predicted octanol–water partition coefficient (Wildman–Crippen LogP) is 4.28. The summed E-state index contributed by atoms with van der Waals surface area (Å²) in [6.07, 6.45) is 7.41. The van der Waals surface area contributed by atoms with Crippen molar-refractivity contribution in [3.8, 4) is 22.8 Å². The summed E-state index contributed by atoms with van der Waals surface area (Å²) in [5.41, 5.74) is 3.41. The number of aromatic amines is 1. The molecule has 0 bridgehead atoms.